The molecule has 0 spiro atoms. The maximum atomic E-state index is 12.3. The van der Waals surface area contributed by atoms with Crippen LogP contribution >= 0.6 is 12.4 Å². The third-order valence-corrected chi connectivity index (χ3v) is 3.81. The Labute approximate surface area is 123 Å². The van der Waals surface area contributed by atoms with E-state index in [9.17, 15) is 4.79 Å². The molecule has 0 bridgehead atoms. The average molecular weight is 293 g/mol. The molecule has 1 rings (SSSR count). The number of amides is 1. The van der Waals surface area contributed by atoms with Gasteiger partial charge in [0.15, 0.2) is 0 Å². The van der Waals surface area contributed by atoms with E-state index in [0.717, 1.165) is 44.9 Å². The second-order valence-corrected chi connectivity index (χ2v) is 5.48. The van der Waals surface area contributed by atoms with Gasteiger partial charge in [0.1, 0.15) is 0 Å². The Morgan fingerprint density at radius 3 is 2.53 bits per heavy atom. The fourth-order valence-corrected chi connectivity index (χ4v) is 2.59. The van der Waals surface area contributed by atoms with E-state index in [1.165, 1.54) is 6.42 Å². The first kappa shape index (κ1) is 18.7. The van der Waals surface area contributed by atoms with Crippen molar-refractivity contribution in [3.05, 3.63) is 0 Å². The normalized spacial score (nSPS) is 19.3. The fourth-order valence-electron chi connectivity index (χ4n) is 2.59. The van der Waals surface area contributed by atoms with Gasteiger partial charge in [0, 0.05) is 7.11 Å². The summed E-state index contributed by atoms with van der Waals surface area (Å²) in [5.74, 6) is 0.0142. The van der Waals surface area contributed by atoms with Crippen molar-refractivity contribution in [3.8, 4) is 0 Å². The molecule has 1 amide bonds. The van der Waals surface area contributed by atoms with Crippen LogP contribution in [-0.4, -0.2) is 31.2 Å². The van der Waals surface area contributed by atoms with Crippen LogP contribution in [-0.2, 0) is 9.53 Å². The van der Waals surface area contributed by atoms with Crippen molar-refractivity contribution < 1.29 is 9.53 Å². The number of nitrogens with two attached hydrogens (primary N) is 1. The van der Waals surface area contributed by atoms with Crippen molar-refractivity contribution in [3.63, 3.8) is 0 Å². The molecule has 0 heterocycles. The molecule has 0 radical (unpaired) electrons. The second-order valence-electron chi connectivity index (χ2n) is 5.48. The van der Waals surface area contributed by atoms with Gasteiger partial charge in [-0.1, -0.05) is 39.0 Å². The predicted molar refractivity (Wildman–Crippen MR) is 80.6 cm³/mol. The minimum atomic E-state index is -0.642. The summed E-state index contributed by atoms with van der Waals surface area (Å²) in [5.41, 5.74) is 5.58. The minimum absolute atomic E-state index is 0. The molecule has 1 saturated carbocycles. The number of hydrogen-bond acceptors (Lipinski definition) is 3. The van der Waals surface area contributed by atoms with Crippen molar-refractivity contribution in [2.45, 2.75) is 69.9 Å². The molecule has 1 atom stereocenters. The van der Waals surface area contributed by atoms with Gasteiger partial charge < -0.3 is 15.8 Å². The fraction of sp³-hybridized carbons (Fsp3) is 0.929. The average Bonchev–Trinajstić information content (AvgIpc) is 2.37. The van der Waals surface area contributed by atoms with E-state index >= 15 is 0 Å². The number of hydrogen-bond donors (Lipinski definition) is 2. The maximum Gasteiger partial charge on any atom is 0.240 e. The molecule has 0 aromatic carbocycles. The number of halogens is 1. The Balaban J connectivity index is 0.00000324. The van der Waals surface area contributed by atoms with Crippen LogP contribution in [0.2, 0.25) is 0 Å². The highest BCUT2D eigenvalue weighted by Gasteiger charge is 2.36. The van der Waals surface area contributed by atoms with Crippen LogP contribution in [0, 0.1) is 0 Å². The second kappa shape index (κ2) is 9.56. The summed E-state index contributed by atoms with van der Waals surface area (Å²) in [6.45, 7) is 2.72. The summed E-state index contributed by atoms with van der Waals surface area (Å²) in [6, 6.07) is 0.102. The van der Waals surface area contributed by atoms with Crippen LogP contribution in [0.15, 0.2) is 0 Å². The Kier molecular flexibility index (Phi) is 9.40. The first-order chi connectivity index (χ1) is 8.62. The monoisotopic (exact) mass is 292 g/mol. The molecule has 19 heavy (non-hydrogen) atoms. The van der Waals surface area contributed by atoms with E-state index < -0.39 is 5.54 Å². The number of carbonyl (C=O) groups is 1. The summed E-state index contributed by atoms with van der Waals surface area (Å²) in [4.78, 5) is 12.3. The maximum absolute atomic E-state index is 12.3. The van der Waals surface area contributed by atoms with E-state index in [4.69, 9.17) is 10.5 Å². The van der Waals surface area contributed by atoms with Gasteiger partial charge in [0.25, 0.3) is 0 Å². The molecule has 1 unspecified atom stereocenters. The van der Waals surface area contributed by atoms with Gasteiger partial charge in [-0.05, 0) is 19.3 Å². The standard InChI is InChI=1S/C14H28N2O2.ClH/c1-3-4-8-12(11-18-2)16-13(17)14(15)9-6-5-7-10-14;/h12H,3-11,15H2,1-2H3,(H,16,17);1H. The first-order valence-corrected chi connectivity index (χ1v) is 7.21. The molecule has 114 valence electrons. The zero-order valence-corrected chi connectivity index (χ0v) is 13.1. The van der Waals surface area contributed by atoms with Crippen molar-refractivity contribution in [2.75, 3.05) is 13.7 Å². The lowest BCUT2D eigenvalue weighted by Gasteiger charge is -2.33. The van der Waals surface area contributed by atoms with Crippen LogP contribution in [0.1, 0.15) is 58.3 Å². The number of ether oxygens (including phenoxy) is 1. The van der Waals surface area contributed by atoms with Gasteiger partial charge in [-0.3, -0.25) is 4.79 Å². The summed E-state index contributed by atoms with van der Waals surface area (Å²) in [6.07, 6.45) is 8.14. The topological polar surface area (TPSA) is 64.3 Å². The molecule has 0 aliphatic heterocycles. The Hall–Kier alpha value is -0.320. The molecule has 1 aliphatic carbocycles. The number of nitrogens with one attached hydrogen (secondary N) is 1. The number of unbranched alkanes of at least 4 members (excludes halogenated alkanes) is 1. The lowest BCUT2D eigenvalue weighted by atomic mass is 9.81. The Morgan fingerprint density at radius 2 is 2.00 bits per heavy atom. The van der Waals surface area contributed by atoms with E-state index in [1.54, 1.807) is 7.11 Å². The highest BCUT2D eigenvalue weighted by molar-refractivity contribution is 5.86. The molecule has 0 saturated heterocycles. The Bertz CT molecular complexity index is 256. The third kappa shape index (κ3) is 6.11. The lowest BCUT2D eigenvalue weighted by Crippen LogP contribution is -2.57. The van der Waals surface area contributed by atoms with Crippen LogP contribution in [0.25, 0.3) is 0 Å². The number of rotatable bonds is 7. The molecule has 1 fully saturated rings. The summed E-state index contributed by atoms with van der Waals surface area (Å²) >= 11 is 0. The highest BCUT2D eigenvalue weighted by Crippen LogP contribution is 2.26. The molecule has 0 aromatic rings. The van der Waals surface area contributed by atoms with Crippen LogP contribution in [0.3, 0.4) is 0 Å². The molecule has 3 N–H and O–H groups in total. The Morgan fingerprint density at radius 1 is 1.37 bits per heavy atom. The molecule has 1 aliphatic rings. The lowest BCUT2D eigenvalue weighted by molar-refractivity contribution is -0.128. The zero-order valence-electron chi connectivity index (χ0n) is 12.2. The van der Waals surface area contributed by atoms with E-state index in [0.29, 0.717) is 6.61 Å². The highest BCUT2D eigenvalue weighted by atomic mass is 35.5. The van der Waals surface area contributed by atoms with Gasteiger partial charge in [-0.25, -0.2) is 0 Å². The molecule has 5 heteroatoms. The van der Waals surface area contributed by atoms with Crippen molar-refractivity contribution in [1.29, 1.82) is 0 Å². The predicted octanol–water partition coefficient (Wildman–Crippen LogP) is 2.39. The molecule has 4 nitrogen and oxygen atoms in total. The van der Waals surface area contributed by atoms with Crippen molar-refractivity contribution >= 4 is 18.3 Å². The quantitative estimate of drug-likeness (QED) is 0.757. The van der Waals surface area contributed by atoms with Crippen LogP contribution in [0.5, 0.6) is 0 Å². The number of carbonyl (C=O) groups excluding carboxylic acids is 1. The van der Waals surface area contributed by atoms with Crippen LogP contribution in [0.4, 0.5) is 0 Å². The van der Waals surface area contributed by atoms with Gasteiger partial charge in [0.2, 0.25) is 5.91 Å². The van der Waals surface area contributed by atoms with Crippen molar-refractivity contribution in [2.24, 2.45) is 5.73 Å². The largest absolute Gasteiger partial charge is 0.383 e. The van der Waals surface area contributed by atoms with Crippen LogP contribution < -0.4 is 11.1 Å². The first-order valence-electron chi connectivity index (χ1n) is 7.21. The van der Waals surface area contributed by atoms with E-state index in [-0.39, 0.29) is 24.4 Å². The molecular formula is C14H29ClN2O2. The van der Waals surface area contributed by atoms with E-state index in [2.05, 4.69) is 12.2 Å². The molecular weight excluding hydrogens is 264 g/mol. The summed E-state index contributed by atoms with van der Waals surface area (Å²) in [5, 5.41) is 3.07. The van der Waals surface area contributed by atoms with Gasteiger partial charge >= 0.3 is 0 Å². The summed E-state index contributed by atoms with van der Waals surface area (Å²) in [7, 11) is 1.67. The zero-order chi connectivity index (χ0) is 13.4. The van der Waals surface area contributed by atoms with Gasteiger partial charge in [-0.15, -0.1) is 12.4 Å². The SMILES string of the molecule is CCCCC(COC)NC(=O)C1(N)CCCCC1.Cl. The third-order valence-electron chi connectivity index (χ3n) is 3.81. The van der Waals surface area contributed by atoms with Crippen molar-refractivity contribution in [1.82, 2.24) is 5.32 Å². The van der Waals surface area contributed by atoms with Gasteiger partial charge in [-0.2, -0.15) is 0 Å². The van der Waals surface area contributed by atoms with Gasteiger partial charge in [0.05, 0.1) is 18.2 Å². The molecule has 0 aromatic heterocycles. The van der Waals surface area contributed by atoms with E-state index in [1.807, 2.05) is 0 Å². The summed E-state index contributed by atoms with van der Waals surface area (Å²) < 4.78 is 5.17. The number of methoxy groups -OCH3 is 1. The smallest absolute Gasteiger partial charge is 0.240 e. The minimum Gasteiger partial charge on any atom is -0.383 e.